The van der Waals surface area contributed by atoms with Crippen LogP contribution in [0, 0.1) is 0 Å². The molecule has 8 nitrogen and oxygen atoms in total. The topological polar surface area (TPSA) is 119 Å². The van der Waals surface area contributed by atoms with Crippen molar-refractivity contribution < 1.29 is 38.1 Å². The van der Waals surface area contributed by atoms with Gasteiger partial charge in [-0.05, 0) is 73.5 Å². The predicted octanol–water partition coefficient (Wildman–Crippen LogP) is 9.60. The normalized spacial score (nSPS) is 11.4. The van der Waals surface area contributed by atoms with Gasteiger partial charge < -0.3 is 28.5 Å². The standard InChI is InChI=1S/C42H30O8/c43-37-21-33-35(23-49-41(33)31-9-3-1-7-29(31)37)39(45)25-11-15-27(16-12-25)47-19-5-6-20-48-28-17-13-26(14-18-28)40(46)36-24-50-42-32-10-4-2-8-30(32)38(44)22-34(36)42/h1-4,7-18,21-24,43-44H,5-6,19-20H2. The fourth-order valence-corrected chi connectivity index (χ4v) is 6.33. The maximum absolute atomic E-state index is 13.3. The number of hydrogen-bond acceptors (Lipinski definition) is 8. The number of hydrogen-bond donors (Lipinski definition) is 2. The molecule has 8 heteroatoms. The molecule has 6 aromatic carbocycles. The highest BCUT2D eigenvalue weighted by Crippen LogP contribution is 2.37. The highest BCUT2D eigenvalue weighted by molar-refractivity contribution is 6.21. The number of phenols is 2. The number of unbranched alkanes of at least 4 members (excludes halogenated alkanes) is 1. The van der Waals surface area contributed by atoms with E-state index in [1.807, 2.05) is 48.5 Å². The van der Waals surface area contributed by atoms with Crippen LogP contribution in [0.15, 0.2) is 131 Å². The van der Waals surface area contributed by atoms with E-state index in [9.17, 15) is 19.8 Å². The number of ketones is 2. The smallest absolute Gasteiger partial charge is 0.196 e. The SMILES string of the molecule is O=C(c1ccc(OCCCCOc2ccc(C(=O)c3coc4c3cc(O)c3ccccc34)cc2)cc1)c1coc2c1cc(O)c1ccccc12. The maximum Gasteiger partial charge on any atom is 0.196 e. The molecule has 0 unspecified atom stereocenters. The second kappa shape index (κ2) is 12.8. The van der Waals surface area contributed by atoms with Crippen LogP contribution in [0.2, 0.25) is 0 Å². The van der Waals surface area contributed by atoms with Crippen molar-refractivity contribution in [3.05, 3.63) is 144 Å². The van der Waals surface area contributed by atoms with E-state index >= 15 is 0 Å². The molecule has 0 aliphatic heterocycles. The first-order valence-corrected chi connectivity index (χ1v) is 16.3. The third kappa shape index (κ3) is 5.56. The molecule has 0 radical (unpaired) electrons. The van der Waals surface area contributed by atoms with Gasteiger partial charge in [-0.3, -0.25) is 9.59 Å². The van der Waals surface area contributed by atoms with Crippen molar-refractivity contribution in [2.75, 3.05) is 13.2 Å². The van der Waals surface area contributed by atoms with Gasteiger partial charge in [0.25, 0.3) is 0 Å². The van der Waals surface area contributed by atoms with E-state index in [0.29, 0.717) is 79.7 Å². The second-order valence-corrected chi connectivity index (χ2v) is 12.0. The monoisotopic (exact) mass is 662 g/mol. The number of carbonyl (C=O) groups is 2. The Morgan fingerprint density at radius 3 is 1.28 bits per heavy atom. The van der Waals surface area contributed by atoms with Gasteiger partial charge in [0, 0.05) is 43.4 Å². The molecule has 2 N–H and O–H groups in total. The molecule has 0 saturated heterocycles. The van der Waals surface area contributed by atoms with Gasteiger partial charge in [0.05, 0.1) is 24.3 Å². The number of phenolic OH excluding ortho intramolecular Hbond substituents is 2. The molecule has 0 aliphatic rings. The third-order valence-corrected chi connectivity index (χ3v) is 8.91. The summed E-state index contributed by atoms with van der Waals surface area (Å²) in [6.45, 7) is 0.957. The van der Waals surface area contributed by atoms with Crippen LogP contribution in [0.1, 0.15) is 44.7 Å². The van der Waals surface area contributed by atoms with Gasteiger partial charge in [-0.1, -0.05) is 48.5 Å². The minimum atomic E-state index is -0.205. The van der Waals surface area contributed by atoms with E-state index in [1.165, 1.54) is 12.5 Å². The van der Waals surface area contributed by atoms with Gasteiger partial charge in [-0.15, -0.1) is 0 Å². The molecule has 0 fully saturated rings. The van der Waals surface area contributed by atoms with Gasteiger partial charge in [0.2, 0.25) is 0 Å². The number of ether oxygens (including phenoxy) is 2. The number of carbonyl (C=O) groups excluding carboxylic acids is 2. The first-order chi connectivity index (χ1) is 24.5. The highest BCUT2D eigenvalue weighted by Gasteiger charge is 2.20. The van der Waals surface area contributed by atoms with Gasteiger partial charge >= 0.3 is 0 Å². The minimum absolute atomic E-state index is 0.0969. The van der Waals surface area contributed by atoms with Gasteiger partial charge in [-0.25, -0.2) is 0 Å². The van der Waals surface area contributed by atoms with Crippen LogP contribution < -0.4 is 9.47 Å². The zero-order chi connectivity index (χ0) is 34.2. The Hall–Kier alpha value is -6.54. The molecule has 0 amide bonds. The second-order valence-electron chi connectivity index (χ2n) is 12.0. The lowest BCUT2D eigenvalue weighted by Crippen LogP contribution is -2.04. The Labute approximate surface area is 285 Å². The Morgan fingerprint density at radius 1 is 0.500 bits per heavy atom. The van der Waals surface area contributed by atoms with E-state index in [1.54, 1.807) is 60.7 Å². The largest absolute Gasteiger partial charge is 0.507 e. The number of benzene rings is 6. The first kappa shape index (κ1) is 30.8. The van der Waals surface area contributed by atoms with Crippen LogP contribution in [0.25, 0.3) is 43.5 Å². The van der Waals surface area contributed by atoms with Crippen molar-refractivity contribution in [2.45, 2.75) is 12.8 Å². The molecule has 0 saturated carbocycles. The molecule has 8 aromatic rings. The van der Waals surface area contributed by atoms with Crippen LogP contribution >= 0.6 is 0 Å². The zero-order valence-electron chi connectivity index (χ0n) is 26.7. The molecule has 0 bridgehead atoms. The van der Waals surface area contributed by atoms with Crippen molar-refractivity contribution in [2.24, 2.45) is 0 Å². The predicted molar refractivity (Wildman–Crippen MR) is 191 cm³/mol. The number of aromatic hydroxyl groups is 2. The third-order valence-electron chi connectivity index (χ3n) is 8.91. The fraction of sp³-hybridized carbons (Fsp3) is 0.0952. The summed E-state index contributed by atoms with van der Waals surface area (Å²) in [5.74, 6) is 1.08. The van der Waals surface area contributed by atoms with Crippen LogP contribution in [0.3, 0.4) is 0 Å². The van der Waals surface area contributed by atoms with Crippen molar-refractivity contribution in [3.8, 4) is 23.0 Å². The lowest BCUT2D eigenvalue weighted by Gasteiger charge is -2.09. The summed E-state index contributed by atoms with van der Waals surface area (Å²) in [5.41, 5.74) is 2.87. The Bertz CT molecular complexity index is 2360. The molecule has 8 rings (SSSR count). The average Bonchev–Trinajstić information content (AvgIpc) is 3.78. The van der Waals surface area contributed by atoms with Crippen LogP contribution in [0.5, 0.6) is 23.0 Å². The number of fused-ring (bicyclic) bond motifs is 6. The Balaban J connectivity index is 0.823. The fourth-order valence-electron chi connectivity index (χ4n) is 6.33. The summed E-state index contributed by atoms with van der Waals surface area (Å²) in [5, 5.41) is 25.0. The van der Waals surface area contributed by atoms with Crippen molar-refractivity contribution in [1.82, 2.24) is 0 Å². The maximum atomic E-state index is 13.3. The molecule has 2 heterocycles. The van der Waals surface area contributed by atoms with Crippen molar-refractivity contribution in [1.29, 1.82) is 0 Å². The summed E-state index contributed by atoms with van der Waals surface area (Å²) in [4.78, 5) is 26.6. The summed E-state index contributed by atoms with van der Waals surface area (Å²) >= 11 is 0. The first-order valence-electron chi connectivity index (χ1n) is 16.3. The van der Waals surface area contributed by atoms with Crippen LogP contribution in [-0.4, -0.2) is 35.0 Å². The minimum Gasteiger partial charge on any atom is -0.507 e. The summed E-state index contributed by atoms with van der Waals surface area (Å²) in [6.07, 6.45) is 4.39. The summed E-state index contributed by atoms with van der Waals surface area (Å²) < 4.78 is 23.3. The van der Waals surface area contributed by atoms with E-state index < -0.39 is 0 Å². The van der Waals surface area contributed by atoms with E-state index in [4.69, 9.17) is 18.3 Å². The van der Waals surface area contributed by atoms with E-state index in [2.05, 4.69) is 0 Å². The van der Waals surface area contributed by atoms with E-state index in [-0.39, 0.29) is 23.1 Å². The summed E-state index contributed by atoms with van der Waals surface area (Å²) in [7, 11) is 0. The van der Waals surface area contributed by atoms with Gasteiger partial charge in [0.1, 0.15) is 46.7 Å². The molecule has 50 heavy (non-hydrogen) atoms. The van der Waals surface area contributed by atoms with Crippen LogP contribution in [-0.2, 0) is 0 Å². The molecule has 0 atom stereocenters. The molecule has 2 aromatic heterocycles. The van der Waals surface area contributed by atoms with Gasteiger partial charge in [0.15, 0.2) is 11.6 Å². The van der Waals surface area contributed by atoms with Crippen molar-refractivity contribution in [3.63, 3.8) is 0 Å². The van der Waals surface area contributed by atoms with E-state index in [0.717, 1.165) is 23.6 Å². The molecule has 0 spiro atoms. The molecular weight excluding hydrogens is 632 g/mol. The molecule has 0 aliphatic carbocycles. The lowest BCUT2D eigenvalue weighted by molar-refractivity contribution is 0.103. The lowest BCUT2D eigenvalue weighted by atomic mass is 10.00. The average molecular weight is 663 g/mol. The van der Waals surface area contributed by atoms with Crippen molar-refractivity contribution >= 4 is 55.0 Å². The van der Waals surface area contributed by atoms with Gasteiger partial charge in [-0.2, -0.15) is 0 Å². The highest BCUT2D eigenvalue weighted by atomic mass is 16.5. The summed E-state index contributed by atoms with van der Waals surface area (Å²) in [6, 6.07) is 31.8. The quantitative estimate of drug-likeness (QED) is 0.104. The Kier molecular flexibility index (Phi) is 7.89. The molecular formula is C42H30O8. The van der Waals surface area contributed by atoms with Crippen LogP contribution in [0.4, 0.5) is 0 Å². The number of furan rings is 2. The Morgan fingerprint density at radius 2 is 0.880 bits per heavy atom. The molecule has 246 valence electrons. The zero-order valence-corrected chi connectivity index (χ0v) is 26.7. The number of rotatable bonds is 11.